The molecule has 112 valence electrons. The monoisotopic (exact) mass is 349 g/mol. The lowest BCUT2D eigenvalue weighted by atomic mass is 10.0. The van der Waals surface area contributed by atoms with E-state index >= 15 is 0 Å². The molecule has 0 bridgehead atoms. The molecule has 0 aliphatic rings. The van der Waals surface area contributed by atoms with E-state index in [2.05, 4.69) is 53.3 Å². The highest BCUT2D eigenvalue weighted by molar-refractivity contribution is 9.10. The summed E-state index contributed by atoms with van der Waals surface area (Å²) in [6.07, 6.45) is 0. The summed E-state index contributed by atoms with van der Waals surface area (Å²) in [4.78, 5) is 0. The van der Waals surface area contributed by atoms with E-state index in [4.69, 9.17) is 4.74 Å². The van der Waals surface area contributed by atoms with Crippen LogP contribution in [-0.4, -0.2) is 12.2 Å². The van der Waals surface area contributed by atoms with Crippen molar-refractivity contribution in [3.63, 3.8) is 0 Å². The van der Waals surface area contributed by atoms with Crippen LogP contribution >= 0.6 is 15.9 Å². The average Bonchev–Trinajstić information content (AvgIpc) is 2.48. The molecule has 3 nitrogen and oxygen atoms in total. The Labute approximate surface area is 134 Å². The van der Waals surface area contributed by atoms with Gasteiger partial charge in [0.2, 0.25) is 0 Å². The van der Waals surface area contributed by atoms with Gasteiger partial charge >= 0.3 is 0 Å². The number of phenols is 1. The summed E-state index contributed by atoms with van der Waals surface area (Å²) >= 11 is 3.34. The van der Waals surface area contributed by atoms with Gasteiger partial charge in [0.1, 0.15) is 0 Å². The fourth-order valence-corrected chi connectivity index (χ4v) is 2.83. The molecule has 1 atom stereocenters. The zero-order valence-electron chi connectivity index (χ0n) is 12.5. The van der Waals surface area contributed by atoms with Gasteiger partial charge in [-0.15, -0.1) is 0 Å². The van der Waals surface area contributed by atoms with Gasteiger partial charge in [0.25, 0.3) is 0 Å². The van der Waals surface area contributed by atoms with Crippen molar-refractivity contribution in [3.8, 4) is 11.5 Å². The Morgan fingerprint density at radius 3 is 2.67 bits per heavy atom. The third-order valence-electron chi connectivity index (χ3n) is 3.58. The molecule has 4 heteroatoms. The summed E-state index contributed by atoms with van der Waals surface area (Å²) in [5, 5.41) is 13.3. The number of halogens is 1. The quantitative estimate of drug-likeness (QED) is 0.844. The van der Waals surface area contributed by atoms with Crippen LogP contribution in [0.4, 0.5) is 0 Å². The summed E-state index contributed by atoms with van der Waals surface area (Å²) in [7, 11) is 1.55. The van der Waals surface area contributed by atoms with Gasteiger partial charge in [-0.25, -0.2) is 0 Å². The predicted octanol–water partition coefficient (Wildman–Crippen LogP) is 4.32. The molecule has 2 rings (SSSR count). The number of rotatable bonds is 5. The number of nitrogens with one attached hydrogen (secondary N) is 1. The second-order valence-electron chi connectivity index (χ2n) is 5.09. The number of ether oxygens (including phenoxy) is 1. The molecule has 0 unspecified atom stereocenters. The Balaban J connectivity index is 2.10. The summed E-state index contributed by atoms with van der Waals surface area (Å²) in [5.74, 6) is 0.609. The minimum atomic E-state index is 0.133. The number of phenolic OH excluding ortho intramolecular Hbond substituents is 1. The van der Waals surface area contributed by atoms with Crippen LogP contribution < -0.4 is 10.1 Å². The molecule has 0 spiro atoms. The molecule has 0 saturated carbocycles. The minimum absolute atomic E-state index is 0.133. The maximum Gasteiger partial charge on any atom is 0.172 e. The minimum Gasteiger partial charge on any atom is -0.503 e. The van der Waals surface area contributed by atoms with Crippen LogP contribution in [0.25, 0.3) is 0 Å². The van der Waals surface area contributed by atoms with Crippen molar-refractivity contribution in [3.05, 3.63) is 57.6 Å². The van der Waals surface area contributed by atoms with Gasteiger partial charge in [-0.2, -0.15) is 0 Å². The van der Waals surface area contributed by atoms with Crippen molar-refractivity contribution < 1.29 is 9.84 Å². The number of hydrogen-bond acceptors (Lipinski definition) is 3. The van der Waals surface area contributed by atoms with E-state index in [9.17, 15) is 5.11 Å². The highest BCUT2D eigenvalue weighted by Gasteiger charge is 2.11. The van der Waals surface area contributed by atoms with Crippen LogP contribution in [0.3, 0.4) is 0 Å². The van der Waals surface area contributed by atoms with Crippen molar-refractivity contribution in [2.75, 3.05) is 7.11 Å². The standard InChI is InChI=1S/C17H20BrNO2/c1-11-6-4-5-7-14(11)12(2)19-10-13-8-15(18)17(20)16(9-13)21-3/h4-9,12,19-20H,10H2,1-3H3/t12-/m0/s1. The first-order valence-corrected chi connectivity index (χ1v) is 7.66. The van der Waals surface area contributed by atoms with Gasteiger partial charge in [-0.3, -0.25) is 0 Å². The summed E-state index contributed by atoms with van der Waals surface area (Å²) in [5.41, 5.74) is 3.63. The summed E-state index contributed by atoms with van der Waals surface area (Å²) in [6.45, 7) is 4.97. The van der Waals surface area contributed by atoms with Gasteiger partial charge in [-0.05, 0) is 58.6 Å². The fraction of sp³-hybridized carbons (Fsp3) is 0.294. The normalized spacial score (nSPS) is 12.2. The Morgan fingerprint density at radius 2 is 2.00 bits per heavy atom. The highest BCUT2D eigenvalue weighted by atomic mass is 79.9. The van der Waals surface area contributed by atoms with Crippen molar-refractivity contribution in [1.29, 1.82) is 0 Å². The largest absolute Gasteiger partial charge is 0.503 e. The summed E-state index contributed by atoms with van der Waals surface area (Å²) < 4.78 is 5.81. The van der Waals surface area contributed by atoms with E-state index in [1.165, 1.54) is 11.1 Å². The van der Waals surface area contributed by atoms with Crippen molar-refractivity contribution in [2.24, 2.45) is 0 Å². The van der Waals surface area contributed by atoms with E-state index in [-0.39, 0.29) is 11.8 Å². The van der Waals surface area contributed by atoms with Crippen LogP contribution in [0.1, 0.15) is 29.7 Å². The van der Waals surface area contributed by atoms with Gasteiger partial charge in [0.05, 0.1) is 11.6 Å². The van der Waals surface area contributed by atoms with E-state index in [1.807, 2.05) is 18.2 Å². The molecule has 0 aliphatic carbocycles. The lowest BCUT2D eigenvalue weighted by Gasteiger charge is -2.17. The van der Waals surface area contributed by atoms with Gasteiger partial charge in [0.15, 0.2) is 11.5 Å². The zero-order chi connectivity index (χ0) is 15.4. The SMILES string of the molecule is COc1cc(CN[C@@H](C)c2ccccc2C)cc(Br)c1O. The molecule has 21 heavy (non-hydrogen) atoms. The fourth-order valence-electron chi connectivity index (χ4n) is 2.34. The van der Waals surface area contributed by atoms with Crippen LogP contribution in [0.2, 0.25) is 0 Å². The first-order valence-electron chi connectivity index (χ1n) is 6.87. The number of methoxy groups -OCH3 is 1. The van der Waals surface area contributed by atoms with E-state index in [1.54, 1.807) is 7.11 Å². The molecule has 2 N–H and O–H groups in total. The molecule has 0 heterocycles. The number of aromatic hydroxyl groups is 1. The first-order chi connectivity index (χ1) is 10.0. The Morgan fingerprint density at radius 1 is 1.29 bits per heavy atom. The van der Waals surface area contributed by atoms with Crippen LogP contribution in [0, 0.1) is 6.92 Å². The highest BCUT2D eigenvalue weighted by Crippen LogP contribution is 2.35. The number of benzene rings is 2. The number of aryl methyl sites for hydroxylation is 1. The third-order valence-corrected chi connectivity index (χ3v) is 4.18. The molecule has 0 fully saturated rings. The van der Waals surface area contributed by atoms with E-state index in [0.29, 0.717) is 16.8 Å². The lowest BCUT2D eigenvalue weighted by Crippen LogP contribution is -2.18. The maximum absolute atomic E-state index is 9.82. The Hall–Kier alpha value is -1.52. The van der Waals surface area contributed by atoms with Crippen LogP contribution in [0.5, 0.6) is 11.5 Å². The van der Waals surface area contributed by atoms with Crippen LogP contribution in [0.15, 0.2) is 40.9 Å². The van der Waals surface area contributed by atoms with E-state index in [0.717, 1.165) is 5.56 Å². The molecule has 0 amide bonds. The lowest BCUT2D eigenvalue weighted by molar-refractivity contribution is 0.371. The smallest absolute Gasteiger partial charge is 0.172 e. The van der Waals surface area contributed by atoms with Gasteiger partial charge in [0, 0.05) is 12.6 Å². The third kappa shape index (κ3) is 3.77. The summed E-state index contributed by atoms with van der Waals surface area (Å²) in [6, 6.07) is 12.4. The average molecular weight is 350 g/mol. The molecule has 0 saturated heterocycles. The van der Waals surface area contributed by atoms with E-state index < -0.39 is 0 Å². The number of hydrogen-bond donors (Lipinski definition) is 2. The second-order valence-corrected chi connectivity index (χ2v) is 5.94. The van der Waals surface area contributed by atoms with Gasteiger partial charge in [-0.1, -0.05) is 24.3 Å². The molecule has 2 aromatic carbocycles. The molecular weight excluding hydrogens is 330 g/mol. The molecule has 2 aromatic rings. The maximum atomic E-state index is 9.82. The van der Waals surface area contributed by atoms with Gasteiger partial charge < -0.3 is 15.2 Å². The zero-order valence-corrected chi connectivity index (χ0v) is 14.1. The Kier molecular flexibility index (Phi) is 5.26. The van der Waals surface area contributed by atoms with Crippen molar-refractivity contribution >= 4 is 15.9 Å². The molecule has 0 aliphatic heterocycles. The molecule has 0 radical (unpaired) electrons. The second kappa shape index (κ2) is 6.96. The Bertz CT molecular complexity index is 628. The molecular formula is C17H20BrNO2. The van der Waals surface area contributed by atoms with Crippen molar-refractivity contribution in [1.82, 2.24) is 5.32 Å². The molecule has 0 aromatic heterocycles. The van der Waals surface area contributed by atoms with Crippen molar-refractivity contribution in [2.45, 2.75) is 26.4 Å². The predicted molar refractivity (Wildman–Crippen MR) is 88.8 cm³/mol. The van der Waals surface area contributed by atoms with Crippen LogP contribution in [-0.2, 0) is 6.54 Å². The first kappa shape index (κ1) is 15.9. The topological polar surface area (TPSA) is 41.5 Å².